The van der Waals surface area contributed by atoms with Crippen molar-refractivity contribution in [1.29, 1.82) is 0 Å². The summed E-state index contributed by atoms with van der Waals surface area (Å²) in [5.74, 6) is -1.22. The Hall–Kier alpha value is -1.82. The van der Waals surface area contributed by atoms with E-state index in [1.54, 1.807) is 0 Å². The second kappa shape index (κ2) is 6.09. The monoisotopic (exact) mass is 300 g/mol. The summed E-state index contributed by atoms with van der Waals surface area (Å²) in [5, 5.41) is 11.4. The Morgan fingerprint density at radius 1 is 1.45 bits per heavy atom. The van der Waals surface area contributed by atoms with Crippen molar-refractivity contribution in [3.63, 3.8) is 0 Å². The lowest BCUT2D eigenvalue weighted by Gasteiger charge is -2.21. The molecule has 1 saturated carbocycles. The van der Waals surface area contributed by atoms with E-state index in [2.05, 4.69) is 5.32 Å². The van der Waals surface area contributed by atoms with Crippen LogP contribution in [0.2, 0.25) is 5.02 Å². The van der Waals surface area contributed by atoms with E-state index in [-0.39, 0.29) is 17.3 Å². The summed E-state index contributed by atoms with van der Waals surface area (Å²) in [6.07, 6.45) is 2.00. The number of anilines is 1. The number of hydrogen-bond donors (Lipinski definition) is 2. The topological polar surface area (TPSA) is 69.6 Å². The number of carbonyl (C=O) groups is 2. The van der Waals surface area contributed by atoms with Crippen molar-refractivity contribution < 1.29 is 19.1 Å². The SMILES string of the molecule is O=C(O)CN(CC1CC1)C(=O)Nc1ccc(F)cc1Cl. The highest BCUT2D eigenvalue weighted by Gasteiger charge is 2.28. The number of rotatable bonds is 5. The number of aliphatic carboxylic acids is 1. The van der Waals surface area contributed by atoms with Crippen LogP contribution in [0.25, 0.3) is 0 Å². The molecule has 108 valence electrons. The number of halogens is 2. The molecule has 2 amide bonds. The molecule has 0 bridgehead atoms. The first kappa shape index (κ1) is 14.6. The van der Waals surface area contributed by atoms with Gasteiger partial charge in [-0.1, -0.05) is 11.6 Å². The van der Waals surface area contributed by atoms with Crippen molar-refractivity contribution in [2.45, 2.75) is 12.8 Å². The van der Waals surface area contributed by atoms with Gasteiger partial charge in [-0.25, -0.2) is 9.18 Å². The molecule has 0 aromatic heterocycles. The lowest BCUT2D eigenvalue weighted by molar-refractivity contribution is -0.137. The quantitative estimate of drug-likeness (QED) is 0.878. The second-order valence-electron chi connectivity index (χ2n) is 4.77. The summed E-state index contributed by atoms with van der Waals surface area (Å²) < 4.78 is 12.9. The normalized spacial score (nSPS) is 13.9. The maximum atomic E-state index is 12.9. The molecule has 1 aromatic carbocycles. The van der Waals surface area contributed by atoms with Crippen LogP contribution in [0.1, 0.15) is 12.8 Å². The molecule has 0 radical (unpaired) electrons. The summed E-state index contributed by atoms with van der Waals surface area (Å²) in [6, 6.07) is 3.04. The molecule has 0 aliphatic heterocycles. The molecule has 20 heavy (non-hydrogen) atoms. The molecular formula is C13H14ClFN2O3. The Labute approximate surface area is 120 Å². The number of benzene rings is 1. The summed E-state index contributed by atoms with van der Waals surface area (Å²) in [5.41, 5.74) is 0.254. The van der Waals surface area contributed by atoms with Crippen LogP contribution in [0.4, 0.5) is 14.9 Å². The van der Waals surface area contributed by atoms with Gasteiger partial charge in [0.1, 0.15) is 12.4 Å². The first-order chi connectivity index (χ1) is 9.45. The van der Waals surface area contributed by atoms with Crippen molar-refractivity contribution in [2.75, 3.05) is 18.4 Å². The minimum atomic E-state index is -1.08. The van der Waals surface area contributed by atoms with E-state index in [1.165, 1.54) is 17.0 Å². The number of nitrogens with one attached hydrogen (secondary N) is 1. The molecule has 7 heteroatoms. The van der Waals surface area contributed by atoms with Crippen LogP contribution < -0.4 is 5.32 Å². The predicted octanol–water partition coefficient (Wildman–Crippen LogP) is 2.81. The lowest BCUT2D eigenvalue weighted by atomic mass is 10.3. The van der Waals surface area contributed by atoms with Gasteiger partial charge in [0.2, 0.25) is 0 Å². The van der Waals surface area contributed by atoms with Crippen molar-refractivity contribution in [2.24, 2.45) is 5.92 Å². The molecule has 0 heterocycles. The van der Waals surface area contributed by atoms with E-state index in [4.69, 9.17) is 16.7 Å². The molecule has 2 N–H and O–H groups in total. The van der Waals surface area contributed by atoms with Crippen LogP contribution in [0.5, 0.6) is 0 Å². The maximum absolute atomic E-state index is 12.9. The van der Waals surface area contributed by atoms with E-state index < -0.39 is 17.8 Å². The number of nitrogens with zero attached hydrogens (tertiary/aromatic N) is 1. The second-order valence-corrected chi connectivity index (χ2v) is 5.18. The highest BCUT2D eigenvalue weighted by Crippen LogP contribution is 2.30. The van der Waals surface area contributed by atoms with Gasteiger partial charge in [-0.3, -0.25) is 4.79 Å². The number of urea groups is 1. The van der Waals surface area contributed by atoms with E-state index in [9.17, 15) is 14.0 Å². The van der Waals surface area contributed by atoms with Crippen LogP contribution in [-0.4, -0.2) is 35.1 Å². The van der Waals surface area contributed by atoms with Crippen molar-refractivity contribution in [1.82, 2.24) is 4.90 Å². The number of amides is 2. The van der Waals surface area contributed by atoms with Crippen molar-refractivity contribution >= 4 is 29.3 Å². The standard InChI is InChI=1S/C13H14ClFN2O3/c14-10-5-9(15)3-4-11(10)16-13(20)17(7-12(18)19)6-8-1-2-8/h3-5,8H,1-2,6-7H2,(H,16,20)(H,18,19). The minimum absolute atomic E-state index is 0.0695. The fourth-order valence-corrected chi connectivity index (χ4v) is 1.99. The summed E-state index contributed by atoms with van der Waals surface area (Å²) >= 11 is 5.81. The smallest absolute Gasteiger partial charge is 0.323 e. The molecule has 1 fully saturated rings. The lowest BCUT2D eigenvalue weighted by Crippen LogP contribution is -2.40. The Balaban J connectivity index is 2.04. The molecule has 0 unspecified atom stereocenters. The van der Waals surface area contributed by atoms with Gasteiger partial charge in [-0.15, -0.1) is 0 Å². The molecule has 0 atom stereocenters. The van der Waals surface area contributed by atoms with Gasteiger partial charge in [0.05, 0.1) is 10.7 Å². The average Bonchev–Trinajstić information content (AvgIpc) is 3.15. The third-order valence-corrected chi connectivity index (χ3v) is 3.27. The Kier molecular flexibility index (Phi) is 4.44. The zero-order chi connectivity index (χ0) is 14.7. The Morgan fingerprint density at radius 3 is 2.70 bits per heavy atom. The number of carbonyl (C=O) groups excluding carboxylic acids is 1. The minimum Gasteiger partial charge on any atom is -0.480 e. The van der Waals surface area contributed by atoms with E-state index in [0.717, 1.165) is 18.9 Å². The Bertz CT molecular complexity index is 534. The fraction of sp³-hybridized carbons (Fsp3) is 0.385. The zero-order valence-electron chi connectivity index (χ0n) is 10.6. The van der Waals surface area contributed by atoms with Gasteiger partial charge in [0.15, 0.2) is 0 Å². The first-order valence-corrected chi connectivity index (χ1v) is 6.56. The highest BCUT2D eigenvalue weighted by atomic mass is 35.5. The van der Waals surface area contributed by atoms with Crippen LogP contribution >= 0.6 is 11.6 Å². The summed E-state index contributed by atoms with van der Waals surface area (Å²) in [4.78, 5) is 24.1. The molecule has 5 nitrogen and oxygen atoms in total. The number of hydrogen-bond acceptors (Lipinski definition) is 2. The fourth-order valence-electron chi connectivity index (χ4n) is 1.78. The molecule has 1 aromatic rings. The van der Waals surface area contributed by atoms with Crippen molar-refractivity contribution in [3.8, 4) is 0 Å². The average molecular weight is 301 g/mol. The highest BCUT2D eigenvalue weighted by molar-refractivity contribution is 6.33. The van der Waals surface area contributed by atoms with Crippen LogP contribution in [-0.2, 0) is 4.79 Å². The summed E-state index contributed by atoms with van der Waals surface area (Å²) in [6.45, 7) is 0.0259. The van der Waals surface area contributed by atoms with Gasteiger partial charge in [0.25, 0.3) is 0 Å². The van der Waals surface area contributed by atoms with Crippen LogP contribution in [0, 0.1) is 11.7 Å². The maximum Gasteiger partial charge on any atom is 0.323 e. The molecule has 0 saturated heterocycles. The van der Waals surface area contributed by atoms with Gasteiger partial charge >= 0.3 is 12.0 Å². The number of carboxylic acids is 1. The molecular weight excluding hydrogens is 287 g/mol. The van der Waals surface area contributed by atoms with Gasteiger partial charge in [-0.2, -0.15) is 0 Å². The molecule has 2 rings (SSSR count). The first-order valence-electron chi connectivity index (χ1n) is 6.18. The van der Waals surface area contributed by atoms with Gasteiger partial charge in [-0.05, 0) is 37.0 Å². The largest absolute Gasteiger partial charge is 0.480 e. The Morgan fingerprint density at radius 2 is 2.15 bits per heavy atom. The van der Waals surface area contributed by atoms with E-state index >= 15 is 0 Å². The molecule has 1 aliphatic carbocycles. The van der Waals surface area contributed by atoms with Gasteiger partial charge in [0, 0.05) is 6.54 Å². The van der Waals surface area contributed by atoms with Crippen molar-refractivity contribution in [3.05, 3.63) is 29.0 Å². The van der Waals surface area contributed by atoms with E-state index in [0.29, 0.717) is 12.5 Å². The molecule has 0 spiro atoms. The predicted molar refractivity (Wildman–Crippen MR) is 72.4 cm³/mol. The van der Waals surface area contributed by atoms with Crippen LogP contribution in [0.3, 0.4) is 0 Å². The number of carboxylic acid groups (broad SMARTS) is 1. The third-order valence-electron chi connectivity index (χ3n) is 2.96. The zero-order valence-corrected chi connectivity index (χ0v) is 11.4. The van der Waals surface area contributed by atoms with E-state index in [1.807, 2.05) is 0 Å². The third kappa shape index (κ3) is 4.09. The summed E-state index contributed by atoms with van der Waals surface area (Å²) in [7, 11) is 0. The van der Waals surface area contributed by atoms with Gasteiger partial charge < -0.3 is 15.3 Å². The van der Waals surface area contributed by atoms with Crippen LogP contribution in [0.15, 0.2) is 18.2 Å². The molecule has 1 aliphatic rings.